The van der Waals surface area contributed by atoms with E-state index in [9.17, 15) is 4.79 Å². The Morgan fingerprint density at radius 1 is 1.33 bits per heavy atom. The minimum Gasteiger partial charge on any atom is -0.476 e. The number of hydrogen-bond acceptors (Lipinski definition) is 4. The lowest BCUT2D eigenvalue weighted by molar-refractivity contribution is 0.0690. The van der Waals surface area contributed by atoms with Crippen molar-refractivity contribution >= 4 is 18.1 Å². The molecule has 6 heteroatoms. The Morgan fingerprint density at radius 3 is 2.67 bits per heavy atom. The molecule has 2 rings (SSSR count). The number of rotatable bonds is 3. The van der Waals surface area contributed by atoms with Gasteiger partial charge in [-0.2, -0.15) is 5.26 Å². The van der Waals surface area contributed by atoms with Crippen LogP contribution in [0.5, 0.6) is 0 Å². The third-order valence-electron chi connectivity index (χ3n) is 2.26. The maximum atomic E-state index is 10.8. The number of nitrogens with zero attached hydrogens (tertiary/aromatic N) is 3. The van der Waals surface area contributed by atoms with E-state index in [0.717, 1.165) is 5.56 Å². The molecule has 0 unspecified atom stereocenters. The van der Waals surface area contributed by atoms with Crippen LogP contribution in [0.25, 0.3) is 12.2 Å². The molecule has 88 valence electrons. The van der Waals surface area contributed by atoms with Crippen molar-refractivity contribution < 1.29 is 9.90 Å². The molecule has 0 saturated heterocycles. The van der Waals surface area contributed by atoms with Crippen LogP contribution in [0.15, 0.2) is 24.3 Å². The summed E-state index contributed by atoms with van der Waals surface area (Å²) in [6.45, 7) is 0. The first-order chi connectivity index (χ1) is 8.70. The maximum Gasteiger partial charge on any atom is 0.358 e. The molecule has 0 fully saturated rings. The quantitative estimate of drug-likeness (QED) is 0.847. The second kappa shape index (κ2) is 4.93. The molecule has 2 N–H and O–H groups in total. The summed E-state index contributed by atoms with van der Waals surface area (Å²) in [6.07, 6.45) is 3.29. The highest BCUT2D eigenvalue weighted by molar-refractivity contribution is 5.90. The molecule has 18 heavy (non-hydrogen) atoms. The predicted molar refractivity (Wildman–Crippen MR) is 63.4 cm³/mol. The summed E-state index contributed by atoms with van der Waals surface area (Å²) in [5.74, 6) is -1.14. The van der Waals surface area contributed by atoms with E-state index in [0.29, 0.717) is 11.3 Å². The molecule has 0 radical (unpaired) electrons. The van der Waals surface area contributed by atoms with Crippen molar-refractivity contribution in [3.05, 3.63) is 46.8 Å². The number of carbonyl (C=O) groups is 1. The first-order valence-electron chi connectivity index (χ1n) is 5.03. The summed E-state index contributed by atoms with van der Waals surface area (Å²) in [7, 11) is 0. The van der Waals surface area contributed by atoms with Crippen molar-refractivity contribution in [3.63, 3.8) is 0 Å². The Kier molecular flexibility index (Phi) is 3.16. The molecule has 1 aromatic heterocycles. The summed E-state index contributed by atoms with van der Waals surface area (Å²) in [6, 6.07) is 8.91. The molecule has 2 aromatic rings. The first kappa shape index (κ1) is 11.5. The zero-order valence-electron chi connectivity index (χ0n) is 9.16. The summed E-state index contributed by atoms with van der Waals surface area (Å²) < 4.78 is 0. The van der Waals surface area contributed by atoms with E-state index < -0.39 is 5.97 Å². The van der Waals surface area contributed by atoms with Crippen LogP contribution in [-0.4, -0.2) is 26.5 Å². The van der Waals surface area contributed by atoms with Gasteiger partial charge in [0.15, 0.2) is 5.69 Å². The van der Waals surface area contributed by atoms with Gasteiger partial charge in [0.25, 0.3) is 0 Å². The smallest absolute Gasteiger partial charge is 0.358 e. The second-order valence-corrected chi connectivity index (χ2v) is 3.45. The molecule has 0 atom stereocenters. The van der Waals surface area contributed by atoms with Crippen LogP contribution in [0.4, 0.5) is 0 Å². The van der Waals surface area contributed by atoms with Crippen LogP contribution < -0.4 is 0 Å². The lowest BCUT2D eigenvalue weighted by Gasteiger charge is -1.93. The lowest BCUT2D eigenvalue weighted by atomic mass is 10.1. The molecule has 6 nitrogen and oxygen atoms in total. The van der Waals surface area contributed by atoms with Gasteiger partial charge in [0, 0.05) is 0 Å². The van der Waals surface area contributed by atoms with E-state index >= 15 is 0 Å². The summed E-state index contributed by atoms with van der Waals surface area (Å²) in [5.41, 5.74) is 1.62. The highest BCUT2D eigenvalue weighted by Gasteiger charge is 2.11. The molecule has 0 aliphatic rings. The average Bonchev–Trinajstić information content (AvgIpc) is 2.85. The number of benzene rings is 1. The average molecular weight is 240 g/mol. The molecule has 1 aromatic carbocycles. The molecule has 0 aliphatic carbocycles. The number of nitriles is 1. The highest BCUT2D eigenvalue weighted by atomic mass is 16.4. The van der Waals surface area contributed by atoms with E-state index in [-0.39, 0.29) is 5.69 Å². The van der Waals surface area contributed by atoms with Crippen LogP contribution in [0.1, 0.15) is 27.3 Å². The van der Waals surface area contributed by atoms with E-state index in [1.807, 2.05) is 6.07 Å². The van der Waals surface area contributed by atoms with Crippen molar-refractivity contribution in [1.82, 2.24) is 15.4 Å². The fourth-order valence-corrected chi connectivity index (χ4v) is 1.36. The Balaban J connectivity index is 2.22. The van der Waals surface area contributed by atoms with Crippen LogP contribution in [0.3, 0.4) is 0 Å². The van der Waals surface area contributed by atoms with Crippen molar-refractivity contribution in [2.24, 2.45) is 0 Å². The molecule has 0 spiro atoms. The summed E-state index contributed by atoms with van der Waals surface area (Å²) >= 11 is 0. The number of H-pyrrole nitrogens is 1. The number of aromatic nitrogens is 3. The van der Waals surface area contributed by atoms with Gasteiger partial charge in [-0.3, -0.25) is 5.10 Å². The zero-order valence-corrected chi connectivity index (χ0v) is 9.16. The van der Waals surface area contributed by atoms with Gasteiger partial charge in [-0.15, -0.1) is 5.10 Å². The fourth-order valence-electron chi connectivity index (χ4n) is 1.36. The normalized spacial score (nSPS) is 10.4. The predicted octanol–water partition coefficient (Wildman–Crippen LogP) is 1.54. The fraction of sp³-hybridized carbons (Fsp3) is 0. The SMILES string of the molecule is N#Cc1ccc(C=Cc2[nH]nnc2C(=O)O)cc1. The second-order valence-electron chi connectivity index (χ2n) is 3.45. The Morgan fingerprint density at radius 2 is 2.06 bits per heavy atom. The van der Waals surface area contributed by atoms with Gasteiger partial charge in [-0.25, -0.2) is 4.79 Å². The number of aromatic amines is 1. The number of nitrogens with one attached hydrogen (secondary N) is 1. The van der Waals surface area contributed by atoms with Gasteiger partial charge >= 0.3 is 5.97 Å². The van der Waals surface area contributed by atoms with Crippen LogP contribution in [0, 0.1) is 11.3 Å². The van der Waals surface area contributed by atoms with E-state index in [1.54, 1.807) is 36.4 Å². The van der Waals surface area contributed by atoms with Crippen LogP contribution >= 0.6 is 0 Å². The van der Waals surface area contributed by atoms with Gasteiger partial charge in [-0.05, 0) is 23.8 Å². The number of aromatic carboxylic acids is 1. The van der Waals surface area contributed by atoms with Gasteiger partial charge < -0.3 is 5.11 Å². The molecule has 0 amide bonds. The third kappa shape index (κ3) is 2.41. The topological polar surface area (TPSA) is 103 Å². The van der Waals surface area contributed by atoms with Gasteiger partial charge in [0.05, 0.1) is 17.3 Å². The number of hydrogen-bond donors (Lipinski definition) is 2. The monoisotopic (exact) mass is 240 g/mol. The molecule has 0 saturated carbocycles. The van der Waals surface area contributed by atoms with Crippen molar-refractivity contribution in [2.75, 3.05) is 0 Å². The summed E-state index contributed by atoms with van der Waals surface area (Å²) in [4.78, 5) is 10.8. The van der Waals surface area contributed by atoms with E-state index in [1.165, 1.54) is 0 Å². The Hall–Kier alpha value is -2.94. The number of carboxylic acid groups (broad SMARTS) is 1. The van der Waals surface area contributed by atoms with Crippen molar-refractivity contribution in [1.29, 1.82) is 5.26 Å². The first-order valence-corrected chi connectivity index (χ1v) is 5.03. The van der Waals surface area contributed by atoms with Crippen molar-refractivity contribution in [2.45, 2.75) is 0 Å². The van der Waals surface area contributed by atoms with Gasteiger partial charge in [0.2, 0.25) is 0 Å². The van der Waals surface area contributed by atoms with Crippen LogP contribution in [0.2, 0.25) is 0 Å². The highest BCUT2D eigenvalue weighted by Crippen LogP contribution is 2.09. The standard InChI is InChI=1S/C12H8N4O2/c13-7-9-3-1-8(2-4-9)5-6-10-11(12(17)18)15-16-14-10/h1-6H,(H,17,18)(H,14,15,16). The molecular weight excluding hydrogens is 232 g/mol. The maximum absolute atomic E-state index is 10.8. The summed E-state index contributed by atoms with van der Waals surface area (Å²) in [5, 5.41) is 26.9. The minimum absolute atomic E-state index is 0.125. The molecular formula is C12H8N4O2. The van der Waals surface area contributed by atoms with Gasteiger partial charge in [0.1, 0.15) is 0 Å². The molecule has 0 bridgehead atoms. The third-order valence-corrected chi connectivity index (χ3v) is 2.26. The lowest BCUT2D eigenvalue weighted by Crippen LogP contribution is -1.98. The van der Waals surface area contributed by atoms with E-state index in [2.05, 4.69) is 15.4 Å². The van der Waals surface area contributed by atoms with E-state index in [4.69, 9.17) is 10.4 Å². The van der Waals surface area contributed by atoms with Crippen molar-refractivity contribution in [3.8, 4) is 6.07 Å². The van der Waals surface area contributed by atoms with Crippen LogP contribution in [-0.2, 0) is 0 Å². The van der Waals surface area contributed by atoms with Gasteiger partial charge in [-0.1, -0.05) is 23.4 Å². The molecule has 0 aliphatic heterocycles. The minimum atomic E-state index is -1.14. The zero-order chi connectivity index (χ0) is 13.0. The molecule has 1 heterocycles. The Labute approximate surface area is 102 Å². The Bertz CT molecular complexity index is 635. The number of carboxylic acids is 1. The largest absolute Gasteiger partial charge is 0.476 e.